The van der Waals surface area contributed by atoms with Gasteiger partial charge in [-0.2, -0.15) is 0 Å². The van der Waals surface area contributed by atoms with E-state index >= 15 is 0 Å². The highest BCUT2D eigenvalue weighted by molar-refractivity contribution is 5.31. The number of ether oxygens (including phenoxy) is 2. The molecule has 0 bridgehead atoms. The fourth-order valence-electron chi connectivity index (χ4n) is 2.13. The minimum Gasteiger partial charge on any atom is -0.493 e. The number of aryl methyl sites for hydroxylation is 1. The maximum atomic E-state index is 5.78. The minimum absolute atomic E-state index is 0.815. The standard InChI is InChI=1S/C14H21NO2/c1-13-5-2-3-6-14(13)17-10-4-7-15-8-11-16-12-9-15/h2-3,5-6H,4,7-12H2,1H3/p+1. The van der Waals surface area contributed by atoms with E-state index in [-0.39, 0.29) is 0 Å². The van der Waals surface area contributed by atoms with E-state index in [0.29, 0.717) is 0 Å². The maximum Gasteiger partial charge on any atom is 0.122 e. The van der Waals surface area contributed by atoms with Crippen molar-refractivity contribution in [2.45, 2.75) is 13.3 Å². The SMILES string of the molecule is Cc1ccccc1OCCC[NH+]1CCOCC1. The molecular formula is C14H22NO2+. The number of rotatable bonds is 5. The van der Waals surface area contributed by atoms with E-state index < -0.39 is 0 Å². The summed E-state index contributed by atoms with van der Waals surface area (Å²) in [5, 5.41) is 0. The third-order valence-corrected chi connectivity index (χ3v) is 3.23. The van der Waals surface area contributed by atoms with Gasteiger partial charge >= 0.3 is 0 Å². The molecule has 17 heavy (non-hydrogen) atoms. The number of quaternary nitrogens is 1. The van der Waals surface area contributed by atoms with Crippen LogP contribution in [0.5, 0.6) is 5.75 Å². The van der Waals surface area contributed by atoms with Gasteiger partial charge in [-0.05, 0) is 18.6 Å². The number of para-hydroxylation sites is 1. The maximum absolute atomic E-state index is 5.78. The van der Waals surface area contributed by atoms with Gasteiger partial charge in [0.25, 0.3) is 0 Å². The van der Waals surface area contributed by atoms with Crippen LogP contribution in [0.4, 0.5) is 0 Å². The van der Waals surface area contributed by atoms with E-state index in [1.165, 1.54) is 12.1 Å². The van der Waals surface area contributed by atoms with Crippen molar-refractivity contribution in [3.8, 4) is 5.75 Å². The van der Waals surface area contributed by atoms with Crippen LogP contribution in [0.15, 0.2) is 24.3 Å². The van der Waals surface area contributed by atoms with Crippen LogP contribution in [0.25, 0.3) is 0 Å². The Kier molecular flexibility index (Phi) is 4.83. The summed E-state index contributed by atoms with van der Waals surface area (Å²) in [5.41, 5.74) is 1.21. The quantitative estimate of drug-likeness (QED) is 0.760. The molecule has 1 aromatic carbocycles. The Labute approximate surface area is 103 Å². The Morgan fingerprint density at radius 2 is 2.00 bits per heavy atom. The summed E-state index contributed by atoms with van der Waals surface area (Å²) in [4.78, 5) is 1.64. The van der Waals surface area contributed by atoms with Crippen molar-refractivity contribution in [2.75, 3.05) is 39.5 Å². The molecule has 0 unspecified atom stereocenters. The predicted molar refractivity (Wildman–Crippen MR) is 67.7 cm³/mol. The van der Waals surface area contributed by atoms with Crippen molar-refractivity contribution in [1.29, 1.82) is 0 Å². The highest BCUT2D eigenvalue weighted by atomic mass is 16.5. The number of hydrogen-bond donors (Lipinski definition) is 1. The summed E-state index contributed by atoms with van der Waals surface area (Å²) in [7, 11) is 0. The van der Waals surface area contributed by atoms with Crippen molar-refractivity contribution in [3.05, 3.63) is 29.8 Å². The summed E-state index contributed by atoms with van der Waals surface area (Å²) in [5.74, 6) is 1.02. The highest BCUT2D eigenvalue weighted by Gasteiger charge is 2.12. The summed E-state index contributed by atoms with van der Waals surface area (Å²) >= 11 is 0. The molecular weight excluding hydrogens is 214 g/mol. The summed E-state index contributed by atoms with van der Waals surface area (Å²) in [6.45, 7) is 8.20. The van der Waals surface area contributed by atoms with Gasteiger partial charge in [0, 0.05) is 6.42 Å². The first-order chi connectivity index (χ1) is 8.36. The van der Waals surface area contributed by atoms with Crippen molar-refractivity contribution < 1.29 is 14.4 Å². The second kappa shape index (κ2) is 6.62. The first-order valence-electron chi connectivity index (χ1n) is 6.46. The van der Waals surface area contributed by atoms with E-state index in [1.807, 2.05) is 18.2 Å². The Hall–Kier alpha value is -1.06. The molecule has 0 aliphatic carbocycles. The highest BCUT2D eigenvalue weighted by Crippen LogP contribution is 2.15. The molecule has 3 heteroatoms. The van der Waals surface area contributed by atoms with Crippen LogP contribution in [0, 0.1) is 6.92 Å². The number of morpholine rings is 1. The smallest absolute Gasteiger partial charge is 0.122 e. The van der Waals surface area contributed by atoms with Crippen LogP contribution in [-0.4, -0.2) is 39.5 Å². The zero-order valence-corrected chi connectivity index (χ0v) is 10.6. The molecule has 1 heterocycles. The van der Waals surface area contributed by atoms with Crippen molar-refractivity contribution in [2.24, 2.45) is 0 Å². The average molecular weight is 236 g/mol. The summed E-state index contributed by atoms with van der Waals surface area (Å²) in [6.07, 6.45) is 1.11. The number of benzene rings is 1. The van der Waals surface area contributed by atoms with E-state index in [2.05, 4.69) is 13.0 Å². The molecule has 3 nitrogen and oxygen atoms in total. The van der Waals surface area contributed by atoms with Gasteiger partial charge in [-0.25, -0.2) is 0 Å². The fraction of sp³-hybridized carbons (Fsp3) is 0.571. The second-order valence-corrected chi connectivity index (χ2v) is 4.58. The molecule has 1 N–H and O–H groups in total. The lowest BCUT2D eigenvalue weighted by molar-refractivity contribution is -0.908. The second-order valence-electron chi connectivity index (χ2n) is 4.58. The monoisotopic (exact) mass is 236 g/mol. The van der Waals surface area contributed by atoms with Gasteiger partial charge in [0.1, 0.15) is 18.8 Å². The van der Waals surface area contributed by atoms with Crippen LogP contribution in [0.3, 0.4) is 0 Å². The lowest BCUT2D eigenvalue weighted by Crippen LogP contribution is -3.14. The predicted octanol–water partition coefficient (Wildman–Crippen LogP) is 0.679. The van der Waals surface area contributed by atoms with Crippen molar-refractivity contribution >= 4 is 0 Å². The summed E-state index contributed by atoms with van der Waals surface area (Å²) in [6, 6.07) is 8.19. The topological polar surface area (TPSA) is 22.9 Å². The Morgan fingerprint density at radius 3 is 2.76 bits per heavy atom. The number of nitrogens with one attached hydrogen (secondary N) is 1. The van der Waals surface area contributed by atoms with E-state index in [9.17, 15) is 0 Å². The van der Waals surface area contributed by atoms with Gasteiger partial charge < -0.3 is 14.4 Å². The first-order valence-corrected chi connectivity index (χ1v) is 6.46. The Bertz CT molecular complexity index is 335. The van der Waals surface area contributed by atoms with Gasteiger partial charge in [-0.1, -0.05) is 18.2 Å². The third-order valence-electron chi connectivity index (χ3n) is 3.23. The van der Waals surface area contributed by atoms with Crippen LogP contribution in [-0.2, 0) is 4.74 Å². The molecule has 1 fully saturated rings. The molecule has 0 atom stereocenters. The zero-order valence-electron chi connectivity index (χ0n) is 10.6. The molecule has 94 valence electrons. The molecule has 1 aromatic rings. The van der Waals surface area contributed by atoms with Gasteiger partial charge in [-0.3, -0.25) is 0 Å². The Morgan fingerprint density at radius 1 is 1.24 bits per heavy atom. The van der Waals surface area contributed by atoms with Gasteiger partial charge in [-0.15, -0.1) is 0 Å². The molecule has 0 amide bonds. The Balaban J connectivity index is 1.64. The zero-order chi connectivity index (χ0) is 11.9. The lowest BCUT2D eigenvalue weighted by atomic mass is 10.2. The molecule has 2 rings (SSSR count). The molecule has 0 spiro atoms. The van der Waals surface area contributed by atoms with Crippen LogP contribution >= 0.6 is 0 Å². The normalized spacial score (nSPS) is 17.0. The molecule has 1 aliphatic heterocycles. The van der Waals surface area contributed by atoms with Crippen molar-refractivity contribution in [1.82, 2.24) is 0 Å². The number of hydrogen-bond acceptors (Lipinski definition) is 2. The van der Waals surface area contributed by atoms with E-state index in [1.54, 1.807) is 4.90 Å². The van der Waals surface area contributed by atoms with Gasteiger partial charge in [0.05, 0.1) is 26.4 Å². The van der Waals surface area contributed by atoms with Crippen LogP contribution in [0.1, 0.15) is 12.0 Å². The average Bonchev–Trinajstić information content (AvgIpc) is 2.38. The third kappa shape index (κ3) is 4.02. The van der Waals surface area contributed by atoms with Crippen LogP contribution < -0.4 is 9.64 Å². The molecule has 0 radical (unpaired) electrons. The molecule has 0 aromatic heterocycles. The largest absolute Gasteiger partial charge is 0.493 e. The van der Waals surface area contributed by atoms with Gasteiger partial charge in [0.15, 0.2) is 0 Å². The molecule has 0 saturated carbocycles. The van der Waals surface area contributed by atoms with E-state index in [0.717, 1.165) is 45.1 Å². The van der Waals surface area contributed by atoms with Crippen LogP contribution in [0.2, 0.25) is 0 Å². The molecule has 1 saturated heterocycles. The lowest BCUT2D eigenvalue weighted by Gasteiger charge is -2.23. The molecule has 1 aliphatic rings. The van der Waals surface area contributed by atoms with Crippen molar-refractivity contribution in [3.63, 3.8) is 0 Å². The van der Waals surface area contributed by atoms with E-state index in [4.69, 9.17) is 9.47 Å². The van der Waals surface area contributed by atoms with Gasteiger partial charge in [0.2, 0.25) is 0 Å². The fourth-order valence-corrected chi connectivity index (χ4v) is 2.13. The first kappa shape index (κ1) is 12.4. The minimum atomic E-state index is 0.815. The summed E-state index contributed by atoms with van der Waals surface area (Å²) < 4.78 is 11.1.